The third-order valence-corrected chi connectivity index (χ3v) is 2.60. The minimum Gasteiger partial charge on any atom is -0.380 e. The van der Waals surface area contributed by atoms with E-state index in [2.05, 4.69) is 42.7 Å². The maximum absolute atomic E-state index is 5.11. The van der Waals surface area contributed by atoms with Crippen molar-refractivity contribution in [2.45, 2.75) is 20.5 Å². The van der Waals surface area contributed by atoms with E-state index < -0.39 is 0 Å². The largest absolute Gasteiger partial charge is 0.380 e. The lowest BCUT2D eigenvalue weighted by Crippen LogP contribution is -2.13. The van der Waals surface area contributed by atoms with Gasteiger partial charge in [-0.05, 0) is 31.5 Å². The van der Waals surface area contributed by atoms with E-state index in [1.54, 1.807) is 7.11 Å². The predicted molar refractivity (Wildman–Crippen MR) is 62.8 cm³/mol. The van der Waals surface area contributed by atoms with Crippen molar-refractivity contribution < 1.29 is 4.74 Å². The molecule has 0 aromatic heterocycles. The summed E-state index contributed by atoms with van der Waals surface area (Å²) in [4.78, 5) is 0. The Morgan fingerprint density at radius 1 is 1.07 bits per heavy atom. The van der Waals surface area contributed by atoms with Crippen LogP contribution >= 0.6 is 0 Å². The van der Waals surface area contributed by atoms with Crippen LogP contribution < -0.4 is 10.6 Å². The highest BCUT2D eigenvalue weighted by atomic mass is 16.5. The van der Waals surface area contributed by atoms with Crippen LogP contribution in [0.25, 0.3) is 0 Å². The smallest absolute Gasteiger partial charge is 0.0713 e. The lowest BCUT2D eigenvalue weighted by molar-refractivity contribution is 0.185. The fourth-order valence-corrected chi connectivity index (χ4v) is 1.65. The van der Waals surface area contributed by atoms with E-state index in [1.165, 1.54) is 11.3 Å². The van der Waals surface area contributed by atoms with Gasteiger partial charge < -0.3 is 15.4 Å². The second-order valence-electron chi connectivity index (χ2n) is 3.81. The minimum absolute atomic E-state index is 0.650. The van der Waals surface area contributed by atoms with Crippen LogP contribution in [0.4, 0.5) is 11.4 Å². The Bertz CT molecular complexity index is 410. The van der Waals surface area contributed by atoms with Crippen LogP contribution in [0.2, 0.25) is 0 Å². The minimum atomic E-state index is 0.650. The normalized spacial score (nSPS) is 14.3. The maximum atomic E-state index is 5.11. The van der Waals surface area contributed by atoms with E-state index in [0.29, 0.717) is 6.61 Å². The molecule has 2 rings (SSSR count). The summed E-state index contributed by atoms with van der Waals surface area (Å²) in [6.45, 7) is 4.78. The number of rotatable bonds is 2. The van der Waals surface area contributed by atoms with Crippen LogP contribution in [0, 0.1) is 0 Å². The molecule has 0 saturated heterocycles. The average Bonchev–Trinajstić information content (AvgIpc) is 2.21. The molecule has 1 aliphatic heterocycles. The van der Waals surface area contributed by atoms with Gasteiger partial charge in [-0.15, -0.1) is 0 Å². The summed E-state index contributed by atoms with van der Waals surface area (Å²) in [7, 11) is 1.71. The molecule has 0 aliphatic carbocycles. The molecule has 2 N–H and O–H groups in total. The summed E-state index contributed by atoms with van der Waals surface area (Å²) in [5.74, 6) is 0. The Labute approximate surface area is 90.1 Å². The Morgan fingerprint density at radius 2 is 1.73 bits per heavy atom. The molecule has 0 amide bonds. The number of hydrogen-bond donors (Lipinski definition) is 2. The van der Waals surface area contributed by atoms with Gasteiger partial charge in [0.1, 0.15) is 0 Å². The first-order valence-corrected chi connectivity index (χ1v) is 5.04. The van der Waals surface area contributed by atoms with Crippen LogP contribution in [0.5, 0.6) is 0 Å². The van der Waals surface area contributed by atoms with Crippen molar-refractivity contribution in [3.05, 3.63) is 35.2 Å². The number of anilines is 2. The lowest BCUT2D eigenvalue weighted by atomic mass is 10.1. The molecule has 1 aromatic rings. The second-order valence-corrected chi connectivity index (χ2v) is 3.81. The molecule has 0 spiro atoms. The number of fused-ring (bicyclic) bond motifs is 1. The van der Waals surface area contributed by atoms with Crippen molar-refractivity contribution in [2.24, 2.45) is 0 Å². The van der Waals surface area contributed by atoms with Gasteiger partial charge in [-0.1, -0.05) is 6.07 Å². The molecule has 0 atom stereocenters. The Morgan fingerprint density at radius 3 is 2.40 bits per heavy atom. The van der Waals surface area contributed by atoms with E-state index in [1.807, 2.05) is 0 Å². The zero-order valence-corrected chi connectivity index (χ0v) is 9.35. The number of hydrogen-bond acceptors (Lipinski definition) is 3. The molecule has 15 heavy (non-hydrogen) atoms. The van der Waals surface area contributed by atoms with Gasteiger partial charge in [0, 0.05) is 18.5 Å². The molecule has 0 bridgehead atoms. The molecule has 80 valence electrons. The fraction of sp³-hybridized carbons (Fsp3) is 0.333. The van der Waals surface area contributed by atoms with E-state index in [0.717, 1.165) is 17.1 Å². The zero-order valence-electron chi connectivity index (χ0n) is 9.35. The summed E-state index contributed by atoms with van der Waals surface area (Å²) < 4.78 is 5.11. The van der Waals surface area contributed by atoms with Gasteiger partial charge in [0.2, 0.25) is 0 Å². The molecule has 3 heteroatoms. The Kier molecular flexibility index (Phi) is 2.64. The Hall–Kier alpha value is -1.48. The molecular formula is C12H16N2O. The van der Waals surface area contributed by atoms with E-state index >= 15 is 0 Å². The quantitative estimate of drug-likeness (QED) is 0.777. The summed E-state index contributed by atoms with van der Waals surface area (Å²) in [6, 6.07) is 6.26. The first-order valence-electron chi connectivity index (χ1n) is 5.04. The van der Waals surface area contributed by atoms with Crippen molar-refractivity contribution in [3.63, 3.8) is 0 Å². The summed E-state index contributed by atoms with van der Waals surface area (Å²) in [5.41, 5.74) is 5.75. The van der Waals surface area contributed by atoms with Crippen LogP contribution in [0.15, 0.2) is 29.6 Å². The number of methoxy groups -OCH3 is 1. The summed E-state index contributed by atoms with van der Waals surface area (Å²) >= 11 is 0. The predicted octanol–water partition coefficient (Wildman–Crippen LogP) is 2.92. The standard InChI is InChI=1S/C12H16N2O/c1-8-9(2)14-12-6-10(7-15-3)4-5-11(12)13-8/h4-6,13-14H,7H2,1-3H3. The third kappa shape index (κ3) is 1.97. The third-order valence-electron chi connectivity index (χ3n) is 2.60. The zero-order chi connectivity index (χ0) is 10.8. The summed E-state index contributed by atoms with van der Waals surface area (Å²) in [5, 5.41) is 6.73. The van der Waals surface area contributed by atoms with Crippen molar-refractivity contribution in [3.8, 4) is 0 Å². The van der Waals surface area contributed by atoms with Crippen molar-refractivity contribution in [1.82, 2.24) is 0 Å². The van der Waals surface area contributed by atoms with Crippen LogP contribution in [0.1, 0.15) is 19.4 Å². The van der Waals surface area contributed by atoms with Gasteiger partial charge in [-0.3, -0.25) is 0 Å². The van der Waals surface area contributed by atoms with Gasteiger partial charge in [-0.2, -0.15) is 0 Å². The van der Waals surface area contributed by atoms with E-state index in [4.69, 9.17) is 4.74 Å². The van der Waals surface area contributed by atoms with Crippen molar-refractivity contribution in [1.29, 1.82) is 0 Å². The fourth-order valence-electron chi connectivity index (χ4n) is 1.65. The van der Waals surface area contributed by atoms with Gasteiger partial charge in [-0.25, -0.2) is 0 Å². The highest BCUT2D eigenvalue weighted by Gasteiger charge is 2.11. The molecule has 0 fully saturated rings. The molecular weight excluding hydrogens is 188 g/mol. The number of allylic oxidation sites excluding steroid dienone is 2. The van der Waals surface area contributed by atoms with Gasteiger partial charge in [0.25, 0.3) is 0 Å². The first kappa shape index (κ1) is 10.1. The van der Waals surface area contributed by atoms with Gasteiger partial charge in [0.05, 0.1) is 18.0 Å². The number of nitrogens with one attached hydrogen (secondary N) is 2. The second kappa shape index (κ2) is 3.95. The topological polar surface area (TPSA) is 33.3 Å². The molecule has 0 saturated carbocycles. The van der Waals surface area contributed by atoms with Crippen molar-refractivity contribution in [2.75, 3.05) is 17.7 Å². The van der Waals surface area contributed by atoms with Crippen LogP contribution in [-0.4, -0.2) is 7.11 Å². The Balaban J connectivity index is 2.30. The van der Waals surface area contributed by atoms with Crippen molar-refractivity contribution >= 4 is 11.4 Å². The SMILES string of the molecule is COCc1ccc2c(c1)NC(C)=C(C)N2. The number of benzene rings is 1. The molecule has 0 radical (unpaired) electrons. The molecule has 3 nitrogen and oxygen atoms in total. The molecule has 1 aliphatic rings. The van der Waals surface area contributed by atoms with Crippen LogP contribution in [-0.2, 0) is 11.3 Å². The lowest BCUT2D eigenvalue weighted by Gasteiger charge is -2.23. The van der Waals surface area contributed by atoms with E-state index in [-0.39, 0.29) is 0 Å². The van der Waals surface area contributed by atoms with Gasteiger partial charge in [0.15, 0.2) is 0 Å². The molecule has 1 aromatic carbocycles. The molecule has 1 heterocycles. The number of ether oxygens (including phenoxy) is 1. The van der Waals surface area contributed by atoms with E-state index in [9.17, 15) is 0 Å². The monoisotopic (exact) mass is 204 g/mol. The molecule has 0 unspecified atom stereocenters. The van der Waals surface area contributed by atoms with Gasteiger partial charge >= 0.3 is 0 Å². The highest BCUT2D eigenvalue weighted by Crippen LogP contribution is 2.30. The average molecular weight is 204 g/mol. The maximum Gasteiger partial charge on any atom is 0.0713 e. The summed E-state index contributed by atoms with van der Waals surface area (Å²) in [6.07, 6.45) is 0. The highest BCUT2D eigenvalue weighted by molar-refractivity contribution is 5.76. The van der Waals surface area contributed by atoms with Crippen LogP contribution in [0.3, 0.4) is 0 Å². The first-order chi connectivity index (χ1) is 7.20.